The minimum Gasteiger partial charge on any atom is -0.294 e. The Balaban J connectivity index is 0.00000161. The topological polar surface area (TPSA) is 20.3 Å². The highest BCUT2D eigenvalue weighted by molar-refractivity contribution is 6.02. The van der Waals surface area contributed by atoms with Crippen LogP contribution in [0.5, 0.6) is 0 Å². The van der Waals surface area contributed by atoms with Crippen LogP contribution in [0, 0.1) is 0 Å². The molecular formula is C18H22ClNO. The largest absolute Gasteiger partial charge is 0.294 e. The van der Waals surface area contributed by atoms with E-state index in [1.54, 1.807) is 0 Å². The first-order valence-electron chi connectivity index (χ1n) is 7.53. The maximum absolute atomic E-state index is 12.6. The Bertz CT molecular complexity index is 619. The third-order valence-electron chi connectivity index (χ3n) is 4.35. The zero-order chi connectivity index (χ0) is 13.9. The number of carbonyl (C=O) groups is 1. The number of ketones is 1. The molecule has 0 aliphatic carbocycles. The smallest absolute Gasteiger partial charge is 0.179 e. The van der Waals surface area contributed by atoms with Gasteiger partial charge in [-0.2, -0.15) is 0 Å². The monoisotopic (exact) mass is 303 g/mol. The van der Waals surface area contributed by atoms with Gasteiger partial charge in [0.15, 0.2) is 5.78 Å². The van der Waals surface area contributed by atoms with E-state index in [2.05, 4.69) is 17.0 Å². The molecule has 0 saturated carbocycles. The second kappa shape index (κ2) is 7.06. The SMILES string of the molecule is CC(C(=O)c1ccc2ccccc2c1)N1CCCCC1.Cl. The Labute approximate surface area is 132 Å². The molecule has 112 valence electrons. The van der Waals surface area contributed by atoms with Gasteiger partial charge in [-0.05, 0) is 49.7 Å². The molecule has 21 heavy (non-hydrogen) atoms. The molecule has 1 heterocycles. The number of hydrogen-bond acceptors (Lipinski definition) is 2. The van der Waals surface area contributed by atoms with Crippen molar-refractivity contribution in [3.8, 4) is 0 Å². The molecular weight excluding hydrogens is 282 g/mol. The summed E-state index contributed by atoms with van der Waals surface area (Å²) in [4.78, 5) is 15.0. The molecule has 0 radical (unpaired) electrons. The van der Waals surface area contributed by atoms with Crippen LogP contribution < -0.4 is 0 Å². The van der Waals surface area contributed by atoms with Crippen molar-refractivity contribution >= 4 is 29.0 Å². The Hall–Kier alpha value is -1.38. The second-order valence-electron chi connectivity index (χ2n) is 5.70. The fraction of sp³-hybridized carbons (Fsp3) is 0.389. The van der Waals surface area contributed by atoms with Crippen molar-refractivity contribution in [1.29, 1.82) is 0 Å². The Kier molecular flexibility index (Phi) is 5.38. The quantitative estimate of drug-likeness (QED) is 0.787. The molecule has 3 heteroatoms. The molecule has 1 aliphatic heterocycles. The molecule has 0 bridgehead atoms. The number of nitrogens with zero attached hydrogens (tertiary/aromatic N) is 1. The van der Waals surface area contributed by atoms with Gasteiger partial charge in [0, 0.05) is 5.56 Å². The van der Waals surface area contributed by atoms with E-state index in [0.29, 0.717) is 0 Å². The number of Topliss-reactive ketones (excluding diaryl/α,β-unsaturated/α-hetero) is 1. The highest BCUT2D eigenvalue weighted by Gasteiger charge is 2.23. The zero-order valence-corrected chi connectivity index (χ0v) is 13.2. The normalized spacial score (nSPS) is 17.2. The molecule has 1 aliphatic rings. The van der Waals surface area contributed by atoms with Crippen LogP contribution in [-0.4, -0.2) is 29.8 Å². The summed E-state index contributed by atoms with van der Waals surface area (Å²) in [5, 5.41) is 2.33. The van der Waals surface area contributed by atoms with E-state index < -0.39 is 0 Å². The highest BCUT2D eigenvalue weighted by atomic mass is 35.5. The molecule has 3 rings (SSSR count). The summed E-state index contributed by atoms with van der Waals surface area (Å²) < 4.78 is 0. The Morgan fingerprint density at radius 3 is 2.38 bits per heavy atom. The minimum atomic E-state index is -0.00328. The molecule has 1 unspecified atom stereocenters. The molecule has 0 amide bonds. The van der Waals surface area contributed by atoms with Gasteiger partial charge in [-0.3, -0.25) is 9.69 Å². The van der Waals surface area contributed by atoms with Crippen LogP contribution in [0.3, 0.4) is 0 Å². The van der Waals surface area contributed by atoms with Gasteiger partial charge in [0.05, 0.1) is 6.04 Å². The molecule has 0 N–H and O–H groups in total. The van der Waals surface area contributed by atoms with Gasteiger partial charge in [0.1, 0.15) is 0 Å². The summed E-state index contributed by atoms with van der Waals surface area (Å²) in [6.07, 6.45) is 3.73. The molecule has 0 aromatic heterocycles. The van der Waals surface area contributed by atoms with Crippen molar-refractivity contribution in [2.45, 2.75) is 32.2 Å². The summed E-state index contributed by atoms with van der Waals surface area (Å²) in [6, 6.07) is 14.2. The molecule has 2 aromatic rings. The van der Waals surface area contributed by atoms with Crippen molar-refractivity contribution in [3.63, 3.8) is 0 Å². The molecule has 1 saturated heterocycles. The van der Waals surface area contributed by atoms with Crippen LogP contribution in [0.15, 0.2) is 42.5 Å². The van der Waals surface area contributed by atoms with Crippen molar-refractivity contribution in [2.75, 3.05) is 13.1 Å². The van der Waals surface area contributed by atoms with E-state index in [1.165, 1.54) is 24.6 Å². The lowest BCUT2D eigenvalue weighted by Crippen LogP contribution is -2.42. The van der Waals surface area contributed by atoms with E-state index in [0.717, 1.165) is 24.0 Å². The third kappa shape index (κ3) is 3.45. The maximum atomic E-state index is 12.6. The first kappa shape index (κ1) is 16.0. The Morgan fingerprint density at radius 2 is 1.67 bits per heavy atom. The average molecular weight is 304 g/mol. The van der Waals surface area contributed by atoms with Crippen molar-refractivity contribution < 1.29 is 4.79 Å². The minimum absolute atomic E-state index is 0. The lowest BCUT2D eigenvalue weighted by atomic mass is 9.99. The Morgan fingerprint density at radius 1 is 1.00 bits per heavy atom. The van der Waals surface area contributed by atoms with Crippen LogP contribution >= 0.6 is 12.4 Å². The number of piperidine rings is 1. The first-order chi connectivity index (χ1) is 9.75. The predicted molar refractivity (Wildman–Crippen MR) is 90.4 cm³/mol. The number of carbonyl (C=O) groups excluding carboxylic acids is 1. The van der Waals surface area contributed by atoms with Crippen LogP contribution in [0.25, 0.3) is 10.8 Å². The van der Waals surface area contributed by atoms with Crippen LogP contribution in [0.1, 0.15) is 36.5 Å². The van der Waals surface area contributed by atoms with Gasteiger partial charge in [-0.25, -0.2) is 0 Å². The lowest BCUT2D eigenvalue weighted by Gasteiger charge is -2.31. The summed E-state index contributed by atoms with van der Waals surface area (Å²) in [6.45, 7) is 4.16. The molecule has 0 spiro atoms. The maximum Gasteiger partial charge on any atom is 0.179 e. The van der Waals surface area contributed by atoms with Crippen LogP contribution in [-0.2, 0) is 0 Å². The van der Waals surface area contributed by atoms with E-state index in [4.69, 9.17) is 0 Å². The van der Waals surface area contributed by atoms with Crippen LogP contribution in [0.4, 0.5) is 0 Å². The summed E-state index contributed by atoms with van der Waals surface area (Å²) >= 11 is 0. The summed E-state index contributed by atoms with van der Waals surface area (Å²) in [7, 11) is 0. The van der Waals surface area contributed by atoms with E-state index in [-0.39, 0.29) is 24.2 Å². The molecule has 2 aromatic carbocycles. The third-order valence-corrected chi connectivity index (χ3v) is 4.35. The van der Waals surface area contributed by atoms with Gasteiger partial charge in [-0.1, -0.05) is 42.8 Å². The van der Waals surface area contributed by atoms with Crippen LogP contribution in [0.2, 0.25) is 0 Å². The lowest BCUT2D eigenvalue weighted by molar-refractivity contribution is 0.0809. The van der Waals surface area contributed by atoms with Gasteiger partial charge in [0.2, 0.25) is 0 Å². The molecule has 1 atom stereocenters. The van der Waals surface area contributed by atoms with E-state index in [9.17, 15) is 4.79 Å². The van der Waals surface area contributed by atoms with Crippen molar-refractivity contribution in [2.24, 2.45) is 0 Å². The number of hydrogen-bond donors (Lipinski definition) is 0. The van der Waals surface area contributed by atoms with Crippen molar-refractivity contribution in [1.82, 2.24) is 4.90 Å². The fourth-order valence-electron chi connectivity index (χ4n) is 3.06. The number of fused-ring (bicyclic) bond motifs is 1. The zero-order valence-electron chi connectivity index (χ0n) is 12.4. The summed E-state index contributed by atoms with van der Waals surface area (Å²) in [5.41, 5.74) is 0.835. The van der Waals surface area contributed by atoms with Gasteiger partial charge in [0.25, 0.3) is 0 Å². The molecule has 2 nitrogen and oxygen atoms in total. The van der Waals surface area contributed by atoms with E-state index >= 15 is 0 Å². The number of halogens is 1. The predicted octanol–water partition coefficient (Wildman–Crippen LogP) is 4.32. The fourth-order valence-corrected chi connectivity index (χ4v) is 3.06. The van der Waals surface area contributed by atoms with Gasteiger partial charge in [-0.15, -0.1) is 12.4 Å². The first-order valence-corrected chi connectivity index (χ1v) is 7.53. The standard InChI is InChI=1S/C18H21NO.ClH/c1-14(19-11-5-2-6-12-19)18(20)17-10-9-15-7-3-4-8-16(15)13-17;/h3-4,7-10,13-14H,2,5-6,11-12H2,1H3;1H. The number of benzene rings is 2. The van der Waals surface area contributed by atoms with Crippen molar-refractivity contribution in [3.05, 3.63) is 48.0 Å². The van der Waals surface area contributed by atoms with E-state index in [1.807, 2.05) is 37.3 Å². The molecule has 1 fully saturated rings. The average Bonchev–Trinajstić information content (AvgIpc) is 2.54. The number of rotatable bonds is 3. The van der Waals surface area contributed by atoms with Gasteiger partial charge >= 0.3 is 0 Å². The van der Waals surface area contributed by atoms with Gasteiger partial charge < -0.3 is 0 Å². The second-order valence-corrected chi connectivity index (χ2v) is 5.70. The number of likely N-dealkylation sites (tertiary alicyclic amines) is 1. The summed E-state index contributed by atoms with van der Waals surface area (Å²) in [5.74, 6) is 0.248. The highest BCUT2D eigenvalue weighted by Crippen LogP contribution is 2.19.